The van der Waals surface area contributed by atoms with Crippen molar-refractivity contribution in [3.8, 4) is 5.75 Å². The van der Waals surface area contributed by atoms with Crippen molar-refractivity contribution in [3.05, 3.63) is 88.4 Å². The molecule has 0 bridgehead atoms. The molecule has 0 aliphatic carbocycles. The molecule has 3 aromatic rings. The highest BCUT2D eigenvalue weighted by molar-refractivity contribution is 7.80. The Balaban J connectivity index is 1.61. The molecule has 0 radical (unpaired) electrons. The maximum Gasteiger partial charge on any atom is 0.257 e. The lowest BCUT2D eigenvalue weighted by Crippen LogP contribution is -2.34. The minimum Gasteiger partial charge on any atom is -0.506 e. The van der Waals surface area contributed by atoms with Gasteiger partial charge in [0.2, 0.25) is 0 Å². The van der Waals surface area contributed by atoms with Crippen LogP contribution >= 0.6 is 23.8 Å². The molecule has 0 saturated heterocycles. The molecule has 0 spiro atoms. The third-order valence-corrected chi connectivity index (χ3v) is 5.40. The molecule has 0 saturated carbocycles. The summed E-state index contributed by atoms with van der Waals surface area (Å²) in [4.78, 5) is 24.9. The van der Waals surface area contributed by atoms with Crippen LogP contribution in [0.5, 0.6) is 5.75 Å². The topological polar surface area (TPSA) is 90.5 Å². The number of amides is 2. The normalized spacial score (nSPS) is 10.9. The van der Waals surface area contributed by atoms with Crippen LogP contribution in [0.4, 0.5) is 11.4 Å². The summed E-state index contributed by atoms with van der Waals surface area (Å²) in [5.41, 5.74) is 2.54. The van der Waals surface area contributed by atoms with Crippen LogP contribution in [0.15, 0.2) is 66.7 Å². The molecule has 4 N–H and O–H groups in total. The number of halogens is 1. The number of aromatic hydroxyl groups is 1. The third-order valence-electron chi connectivity index (χ3n) is 4.86. The highest BCUT2D eigenvalue weighted by Gasteiger charge is 2.15. The van der Waals surface area contributed by atoms with Gasteiger partial charge >= 0.3 is 0 Å². The SMILES string of the molecule is CC(C)(C)c1ccc(C(=O)NC(=S)Nc2ccc(NC(=O)c3ccccc3Cl)c(O)c2)cc1. The summed E-state index contributed by atoms with van der Waals surface area (Å²) < 4.78 is 0. The van der Waals surface area contributed by atoms with E-state index in [0.29, 0.717) is 21.8 Å². The Bertz CT molecular complexity index is 1200. The van der Waals surface area contributed by atoms with E-state index in [1.807, 2.05) is 12.1 Å². The molecule has 6 nitrogen and oxygen atoms in total. The summed E-state index contributed by atoms with van der Waals surface area (Å²) >= 11 is 11.3. The molecule has 33 heavy (non-hydrogen) atoms. The fourth-order valence-corrected chi connectivity index (χ4v) is 3.44. The van der Waals surface area contributed by atoms with Gasteiger partial charge in [-0.1, -0.05) is 56.6 Å². The zero-order chi connectivity index (χ0) is 24.2. The van der Waals surface area contributed by atoms with Gasteiger partial charge in [-0.15, -0.1) is 0 Å². The maximum absolute atomic E-state index is 12.5. The van der Waals surface area contributed by atoms with E-state index in [1.165, 1.54) is 12.1 Å². The number of phenolic OH excluding ortho intramolecular Hbond substituents is 1. The molecule has 3 rings (SSSR count). The van der Waals surface area contributed by atoms with Crippen LogP contribution in [-0.2, 0) is 5.41 Å². The van der Waals surface area contributed by atoms with Crippen LogP contribution in [0.25, 0.3) is 0 Å². The van der Waals surface area contributed by atoms with Gasteiger partial charge in [-0.2, -0.15) is 0 Å². The van der Waals surface area contributed by atoms with Crippen molar-refractivity contribution in [1.82, 2.24) is 5.32 Å². The monoisotopic (exact) mass is 481 g/mol. The number of benzene rings is 3. The van der Waals surface area contributed by atoms with Gasteiger partial charge in [0.15, 0.2) is 5.11 Å². The minimum absolute atomic E-state index is 0.00709. The van der Waals surface area contributed by atoms with Gasteiger partial charge in [-0.3, -0.25) is 14.9 Å². The number of anilines is 2. The molecule has 0 fully saturated rings. The van der Waals surface area contributed by atoms with Crippen LogP contribution in [0.2, 0.25) is 5.02 Å². The molecule has 8 heteroatoms. The number of phenols is 1. The lowest BCUT2D eigenvalue weighted by molar-refractivity contribution is 0.0976. The Morgan fingerprint density at radius 2 is 1.58 bits per heavy atom. The number of thiocarbonyl (C=S) groups is 1. The van der Waals surface area contributed by atoms with E-state index in [4.69, 9.17) is 23.8 Å². The van der Waals surface area contributed by atoms with Gasteiger partial charge < -0.3 is 15.7 Å². The standard InChI is InChI=1S/C25H24ClN3O3S/c1-25(2,3)16-10-8-15(9-11-16)22(31)29-24(33)27-17-12-13-20(21(30)14-17)28-23(32)18-6-4-5-7-19(18)26/h4-14,30H,1-3H3,(H,28,32)(H2,27,29,31,33). The second kappa shape index (κ2) is 10.0. The van der Waals surface area contributed by atoms with Gasteiger partial charge in [-0.25, -0.2) is 0 Å². The predicted octanol–water partition coefficient (Wildman–Crippen LogP) is 5.72. The van der Waals surface area contributed by atoms with Gasteiger partial charge in [0, 0.05) is 17.3 Å². The zero-order valence-corrected chi connectivity index (χ0v) is 20.0. The van der Waals surface area contributed by atoms with Crippen LogP contribution in [0.1, 0.15) is 47.1 Å². The van der Waals surface area contributed by atoms with E-state index >= 15 is 0 Å². The average Bonchev–Trinajstić information content (AvgIpc) is 2.75. The van der Waals surface area contributed by atoms with Crippen LogP contribution in [0, 0.1) is 0 Å². The molecule has 0 aliphatic heterocycles. The largest absolute Gasteiger partial charge is 0.506 e. The number of carbonyl (C=O) groups excluding carboxylic acids is 2. The van der Waals surface area contributed by atoms with E-state index in [2.05, 4.69) is 36.7 Å². The number of hydrogen-bond donors (Lipinski definition) is 4. The number of rotatable bonds is 4. The van der Waals surface area contributed by atoms with E-state index < -0.39 is 5.91 Å². The van der Waals surface area contributed by atoms with Gasteiger partial charge in [-0.05, 0) is 59.6 Å². The molecule has 0 unspecified atom stereocenters. The van der Waals surface area contributed by atoms with Crippen molar-refractivity contribution in [1.29, 1.82) is 0 Å². The fourth-order valence-electron chi connectivity index (χ4n) is 3.01. The summed E-state index contributed by atoms with van der Waals surface area (Å²) in [7, 11) is 0. The van der Waals surface area contributed by atoms with Crippen molar-refractivity contribution >= 4 is 52.1 Å². The maximum atomic E-state index is 12.5. The Kier molecular flexibility index (Phi) is 7.36. The second-order valence-corrected chi connectivity index (χ2v) is 9.22. The molecule has 0 heterocycles. The molecular formula is C25H24ClN3O3S. The fraction of sp³-hybridized carbons (Fsp3) is 0.160. The molecule has 3 aromatic carbocycles. The molecule has 0 aliphatic rings. The lowest BCUT2D eigenvalue weighted by atomic mass is 9.87. The van der Waals surface area contributed by atoms with E-state index in [9.17, 15) is 14.7 Å². The number of carbonyl (C=O) groups is 2. The van der Waals surface area contributed by atoms with Crippen molar-refractivity contribution in [2.24, 2.45) is 0 Å². The molecule has 0 aromatic heterocycles. The first-order valence-corrected chi connectivity index (χ1v) is 10.9. The van der Waals surface area contributed by atoms with E-state index in [-0.39, 0.29) is 27.9 Å². The van der Waals surface area contributed by atoms with Crippen molar-refractivity contribution in [2.75, 3.05) is 10.6 Å². The number of hydrogen-bond acceptors (Lipinski definition) is 4. The van der Waals surface area contributed by atoms with Crippen LogP contribution < -0.4 is 16.0 Å². The Morgan fingerprint density at radius 1 is 0.909 bits per heavy atom. The lowest BCUT2D eigenvalue weighted by Gasteiger charge is -2.19. The first-order chi connectivity index (χ1) is 15.5. The van der Waals surface area contributed by atoms with Crippen LogP contribution in [-0.4, -0.2) is 22.0 Å². The molecule has 170 valence electrons. The quantitative estimate of drug-likeness (QED) is 0.282. The second-order valence-electron chi connectivity index (χ2n) is 8.40. The van der Waals surface area contributed by atoms with E-state index in [1.54, 1.807) is 42.5 Å². The third kappa shape index (κ3) is 6.31. The summed E-state index contributed by atoms with van der Waals surface area (Å²) in [5, 5.41) is 18.8. The van der Waals surface area contributed by atoms with Crippen molar-refractivity contribution in [2.45, 2.75) is 26.2 Å². The van der Waals surface area contributed by atoms with Crippen LogP contribution in [0.3, 0.4) is 0 Å². The first kappa shape index (κ1) is 24.2. The summed E-state index contributed by atoms with van der Waals surface area (Å²) in [6.07, 6.45) is 0. The van der Waals surface area contributed by atoms with Gasteiger partial charge in [0.1, 0.15) is 5.75 Å². The Labute approximate surface area is 203 Å². The summed E-state index contributed by atoms with van der Waals surface area (Å²) in [6.45, 7) is 6.30. The summed E-state index contributed by atoms with van der Waals surface area (Å²) in [5.74, 6) is -0.968. The van der Waals surface area contributed by atoms with Gasteiger partial charge in [0.05, 0.1) is 16.3 Å². The average molecular weight is 482 g/mol. The minimum atomic E-state index is -0.447. The van der Waals surface area contributed by atoms with Crippen molar-refractivity contribution < 1.29 is 14.7 Å². The molecule has 0 atom stereocenters. The molecular weight excluding hydrogens is 458 g/mol. The zero-order valence-electron chi connectivity index (χ0n) is 18.4. The molecule has 2 amide bonds. The van der Waals surface area contributed by atoms with Gasteiger partial charge in [0.25, 0.3) is 11.8 Å². The first-order valence-electron chi connectivity index (χ1n) is 10.2. The Hall–Kier alpha value is -3.42. The summed E-state index contributed by atoms with van der Waals surface area (Å²) in [6, 6.07) is 18.5. The Morgan fingerprint density at radius 3 is 2.18 bits per heavy atom. The van der Waals surface area contributed by atoms with E-state index in [0.717, 1.165) is 5.56 Å². The van der Waals surface area contributed by atoms with Crippen molar-refractivity contribution in [3.63, 3.8) is 0 Å². The predicted molar refractivity (Wildman–Crippen MR) is 136 cm³/mol. The highest BCUT2D eigenvalue weighted by Crippen LogP contribution is 2.28. The number of nitrogens with one attached hydrogen (secondary N) is 3. The smallest absolute Gasteiger partial charge is 0.257 e. The highest BCUT2D eigenvalue weighted by atomic mass is 35.5.